The van der Waals surface area contributed by atoms with Gasteiger partial charge >= 0.3 is 0 Å². The van der Waals surface area contributed by atoms with Crippen LogP contribution in [0.2, 0.25) is 0 Å². The molecule has 1 aromatic heterocycles. The minimum absolute atomic E-state index is 0.0402. The van der Waals surface area contributed by atoms with Crippen LogP contribution in [0.4, 0.5) is 0 Å². The normalized spacial score (nSPS) is 12.2. The van der Waals surface area contributed by atoms with Gasteiger partial charge in [0.25, 0.3) is 0 Å². The standard InChI is InChI=1S/C19H27N3O2/c1-13-5-7-17(8-6-13)11-22-16(4)18(15(3)21-22)9-10-19(24)20-14(2)12-23/h5-8,14,23H,9-12H2,1-4H3,(H,20,24). The smallest absolute Gasteiger partial charge is 0.220 e. The number of aliphatic hydroxyl groups excluding tert-OH is 1. The number of carbonyl (C=O) groups is 1. The number of aliphatic hydroxyl groups is 1. The van der Waals surface area contributed by atoms with E-state index in [-0.39, 0.29) is 18.6 Å². The Kier molecular flexibility index (Phi) is 6.15. The first kappa shape index (κ1) is 18.2. The van der Waals surface area contributed by atoms with Crippen molar-refractivity contribution in [3.63, 3.8) is 0 Å². The maximum Gasteiger partial charge on any atom is 0.220 e. The van der Waals surface area contributed by atoms with Gasteiger partial charge in [0.2, 0.25) is 5.91 Å². The van der Waals surface area contributed by atoms with Crippen molar-refractivity contribution < 1.29 is 9.90 Å². The van der Waals surface area contributed by atoms with Crippen molar-refractivity contribution in [3.05, 3.63) is 52.3 Å². The van der Waals surface area contributed by atoms with Crippen molar-refractivity contribution in [2.24, 2.45) is 0 Å². The molecule has 2 N–H and O–H groups in total. The number of hydrogen-bond acceptors (Lipinski definition) is 3. The number of hydrogen-bond donors (Lipinski definition) is 2. The summed E-state index contributed by atoms with van der Waals surface area (Å²) in [5, 5.41) is 16.4. The third-order valence-corrected chi connectivity index (χ3v) is 4.27. The summed E-state index contributed by atoms with van der Waals surface area (Å²) in [5.74, 6) is -0.0402. The number of nitrogens with zero attached hydrogens (tertiary/aromatic N) is 2. The van der Waals surface area contributed by atoms with E-state index in [0.29, 0.717) is 12.8 Å². The first-order valence-electron chi connectivity index (χ1n) is 8.39. The van der Waals surface area contributed by atoms with E-state index in [0.717, 1.165) is 23.5 Å². The summed E-state index contributed by atoms with van der Waals surface area (Å²) in [6.07, 6.45) is 1.07. The van der Waals surface area contributed by atoms with Crippen LogP contribution in [-0.4, -0.2) is 33.4 Å². The number of aryl methyl sites for hydroxylation is 2. The van der Waals surface area contributed by atoms with Gasteiger partial charge in [-0.2, -0.15) is 5.10 Å². The van der Waals surface area contributed by atoms with Crippen LogP contribution in [0.1, 0.15) is 41.4 Å². The zero-order valence-electron chi connectivity index (χ0n) is 15.0. The van der Waals surface area contributed by atoms with Gasteiger partial charge in [0, 0.05) is 18.2 Å². The van der Waals surface area contributed by atoms with E-state index >= 15 is 0 Å². The van der Waals surface area contributed by atoms with Crippen molar-refractivity contribution in [2.45, 2.75) is 53.1 Å². The molecule has 0 saturated heterocycles. The second kappa shape index (κ2) is 8.11. The molecule has 0 radical (unpaired) electrons. The average Bonchev–Trinajstić information content (AvgIpc) is 2.81. The Morgan fingerprint density at radius 3 is 2.54 bits per heavy atom. The maximum absolute atomic E-state index is 11.9. The number of rotatable bonds is 7. The molecular formula is C19H27N3O2. The summed E-state index contributed by atoms with van der Waals surface area (Å²) in [7, 11) is 0. The minimum Gasteiger partial charge on any atom is -0.394 e. The van der Waals surface area contributed by atoms with Crippen LogP contribution >= 0.6 is 0 Å². The molecule has 1 heterocycles. The molecular weight excluding hydrogens is 302 g/mol. The number of amides is 1. The second-order valence-electron chi connectivity index (χ2n) is 6.44. The van der Waals surface area contributed by atoms with Gasteiger partial charge < -0.3 is 10.4 Å². The molecule has 1 atom stereocenters. The zero-order chi connectivity index (χ0) is 17.7. The van der Waals surface area contributed by atoms with Gasteiger partial charge in [-0.1, -0.05) is 29.8 Å². The lowest BCUT2D eigenvalue weighted by Crippen LogP contribution is -2.35. The SMILES string of the molecule is Cc1ccc(Cn2nc(C)c(CCC(=O)NC(C)CO)c2C)cc1. The van der Waals surface area contributed by atoms with Crippen LogP contribution in [0.25, 0.3) is 0 Å². The molecule has 1 amide bonds. The van der Waals surface area contributed by atoms with E-state index < -0.39 is 0 Å². The fraction of sp³-hybridized carbons (Fsp3) is 0.474. The highest BCUT2D eigenvalue weighted by atomic mass is 16.3. The molecule has 0 aliphatic heterocycles. The highest BCUT2D eigenvalue weighted by molar-refractivity contribution is 5.76. The third-order valence-electron chi connectivity index (χ3n) is 4.27. The van der Waals surface area contributed by atoms with Gasteiger partial charge in [-0.3, -0.25) is 9.48 Å². The molecule has 0 aliphatic rings. The molecule has 24 heavy (non-hydrogen) atoms. The van der Waals surface area contributed by atoms with Crippen LogP contribution in [0.5, 0.6) is 0 Å². The highest BCUT2D eigenvalue weighted by Gasteiger charge is 2.14. The predicted molar refractivity (Wildman–Crippen MR) is 95.0 cm³/mol. The van der Waals surface area contributed by atoms with Gasteiger partial charge in [-0.15, -0.1) is 0 Å². The minimum atomic E-state index is -0.205. The van der Waals surface area contributed by atoms with Crippen LogP contribution in [0.15, 0.2) is 24.3 Å². The molecule has 0 aliphatic carbocycles. The van der Waals surface area contributed by atoms with Crippen molar-refractivity contribution in [1.29, 1.82) is 0 Å². The summed E-state index contributed by atoms with van der Waals surface area (Å²) < 4.78 is 2.00. The Morgan fingerprint density at radius 1 is 1.25 bits per heavy atom. The summed E-state index contributed by atoms with van der Waals surface area (Å²) in [6, 6.07) is 8.25. The number of benzene rings is 1. The Hall–Kier alpha value is -2.14. The molecule has 1 aromatic carbocycles. The number of aromatic nitrogens is 2. The summed E-state index contributed by atoms with van der Waals surface area (Å²) in [4.78, 5) is 11.9. The van der Waals surface area contributed by atoms with E-state index in [1.54, 1.807) is 6.92 Å². The lowest BCUT2D eigenvalue weighted by molar-refractivity contribution is -0.121. The van der Waals surface area contributed by atoms with E-state index in [2.05, 4.69) is 48.5 Å². The van der Waals surface area contributed by atoms with Gasteiger partial charge in [0.1, 0.15) is 0 Å². The van der Waals surface area contributed by atoms with Crippen molar-refractivity contribution >= 4 is 5.91 Å². The van der Waals surface area contributed by atoms with Crippen LogP contribution in [0, 0.1) is 20.8 Å². The van der Waals surface area contributed by atoms with Crippen LogP contribution in [-0.2, 0) is 17.8 Å². The van der Waals surface area contributed by atoms with Gasteiger partial charge in [-0.25, -0.2) is 0 Å². The Bertz CT molecular complexity index is 689. The molecule has 2 aromatic rings. The summed E-state index contributed by atoms with van der Waals surface area (Å²) in [6.45, 7) is 8.60. The van der Waals surface area contributed by atoms with E-state index in [1.165, 1.54) is 11.1 Å². The predicted octanol–water partition coefficient (Wildman–Crippen LogP) is 2.29. The second-order valence-corrected chi connectivity index (χ2v) is 6.44. The quantitative estimate of drug-likeness (QED) is 0.819. The molecule has 0 spiro atoms. The monoisotopic (exact) mass is 329 g/mol. The molecule has 0 fully saturated rings. The van der Waals surface area contributed by atoms with E-state index in [9.17, 15) is 4.79 Å². The van der Waals surface area contributed by atoms with Crippen molar-refractivity contribution in [2.75, 3.05) is 6.61 Å². The van der Waals surface area contributed by atoms with Gasteiger partial charge in [0.15, 0.2) is 0 Å². The first-order chi connectivity index (χ1) is 11.4. The van der Waals surface area contributed by atoms with Gasteiger partial charge in [0.05, 0.1) is 18.8 Å². The lowest BCUT2D eigenvalue weighted by Gasteiger charge is -2.10. The molecule has 2 rings (SSSR count). The van der Waals surface area contributed by atoms with E-state index in [1.807, 2.05) is 11.6 Å². The molecule has 5 heteroatoms. The number of nitrogens with one attached hydrogen (secondary N) is 1. The largest absolute Gasteiger partial charge is 0.394 e. The maximum atomic E-state index is 11.9. The fourth-order valence-electron chi connectivity index (χ4n) is 2.75. The van der Waals surface area contributed by atoms with Crippen LogP contribution in [0.3, 0.4) is 0 Å². The van der Waals surface area contributed by atoms with E-state index in [4.69, 9.17) is 5.11 Å². The molecule has 5 nitrogen and oxygen atoms in total. The number of carbonyl (C=O) groups excluding carboxylic acids is 1. The van der Waals surface area contributed by atoms with Crippen LogP contribution < -0.4 is 5.32 Å². The topological polar surface area (TPSA) is 67.2 Å². The Morgan fingerprint density at radius 2 is 1.92 bits per heavy atom. The average molecular weight is 329 g/mol. The zero-order valence-corrected chi connectivity index (χ0v) is 15.0. The summed E-state index contributed by atoms with van der Waals surface area (Å²) in [5.41, 5.74) is 5.68. The van der Waals surface area contributed by atoms with Crippen molar-refractivity contribution in [3.8, 4) is 0 Å². The van der Waals surface area contributed by atoms with Crippen molar-refractivity contribution in [1.82, 2.24) is 15.1 Å². The molecule has 1 unspecified atom stereocenters. The molecule has 0 bridgehead atoms. The molecule has 0 saturated carbocycles. The first-order valence-corrected chi connectivity index (χ1v) is 8.39. The van der Waals surface area contributed by atoms with Gasteiger partial charge in [-0.05, 0) is 45.2 Å². The summed E-state index contributed by atoms with van der Waals surface area (Å²) >= 11 is 0. The highest BCUT2D eigenvalue weighted by Crippen LogP contribution is 2.17. The molecule has 130 valence electrons. The fourth-order valence-corrected chi connectivity index (χ4v) is 2.75. The Balaban J connectivity index is 2.03. The third kappa shape index (κ3) is 4.68. The lowest BCUT2D eigenvalue weighted by atomic mass is 10.1. The Labute approximate surface area is 143 Å².